The van der Waals surface area contributed by atoms with Gasteiger partial charge in [-0.15, -0.1) is 0 Å². The van der Waals surface area contributed by atoms with E-state index in [1.807, 2.05) is 18.7 Å². The van der Waals surface area contributed by atoms with E-state index in [0.29, 0.717) is 13.0 Å². The van der Waals surface area contributed by atoms with E-state index in [9.17, 15) is 14.7 Å². The lowest BCUT2D eigenvalue weighted by molar-refractivity contribution is -0.150. The van der Waals surface area contributed by atoms with Gasteiger partial charge in [-0.1, -0.05) is 20.8 Å². The van der Waals surface area contributed by atoms with Crippen LogP contribution in [0.25, 0.3) is 0 Å². The highest BCUT2D eigenvalue weighted by molar-refractivity contribution is 5.78. The van der Waals surface area contributed by atoms with Crippen molar-refractivity contribution in [2.75, 3.05) is 19.6 Å². The van der Waals surface area contributed by atoms with Crippen LogP contribution in [0.1, 0.15) is 46.5 Å². The first-order valence-corrected chi connectivity index (χ1v) is 8.08. The molecule has 0 aromatic rings. The lowest BCUT2D eigenvalue weighted by Crippen LogP contribution is -2.52. The van der Waals surface area contributed by atoms with E-state index >= 15 is 0 Å². The number of nitrogens with zero attached hydrogens (tertiary/aromatic N) is 1. The number of carboxylic acids is 1. The van der Waals surface area contributed by atoms with Crippen molar-refractivity contribution in [3.05, 3.63) is 0 Å². The van der Waals surface area contributed by atoms with Gasteiger partial charge in [-0.25, -0.2) is 0 Å². The first kappa shape index (κ1) is 16.3. The SMILES string of the molecule is CC1C(NCC(=O)N2CCCC2)CCC(C(=O)O)C1(C)C. The van der Waals surface area contributed by atoms with E-state index in [0.717, 1.165) is 32.4 Å². The van der Waals surface area contributed by atoms with Crippen molar-refractivity contribution in [2.24, 2.45) is 17.3 Å². The Morgan fingerprint density at radius 1 is 1.24 bits per heavy atom. The number of nitrogens with one attached hydrogen (secondary N) is 1. The van der Waals surface area contributed by atoms with Crippen molar-refractivity contribution in [1.82, 2.24) is 10.2 Å². The molecule has 1 aliphatic carbocycles. The molecule has 1 saturated heterocycles. The number of rotatable bonds is 4. The van der Waals surface area contributed by atoms with Gasteiger partial charge in [-0.3, -0.25) is 9.59 Å². The minimum atomic E-state index is -0.696. The molecule has 3 atom stereocenters. The predicted octanol–water partition coefficient (Wildman–Crippen LogP) is 1.72. The molecule has 1 aliphatic heterocycles. The van der Waals surface area contributed by atoms with Crippen LogP contribution >= 0.6 is 0 Å². The molecule has 5 nitrogen and oxygen atoms in total. The molecular weight excluding hydrogens is 268 g/mol. The molecule has 0 aromatic heterocycles. The predicted molar refractivity (Wildman–Crippen MR) is 80.9 cm³/mol. The Morgan fingerprint density at radius 3 is 2.43 bits per heavy atom. The topological polar surface area (TPSA) is 69.6 Å². The summed E-state index contributed by atoms with van der Waals surface area (Å²) in [4.78, 5) is 25.4. The van der Waals surface area contributed by atoms with Crippen LogP contribution in [-0.4, -0.2) is 47.6 Å². The van der Waals surface area contributed by atoms with Crippen molar-refractivity contribution < 1.29 is 14.7 Å². The number of hydrogen-bond donors (Lipinski definition) is 2. The zero-order valence-corrected chi connectivity index (χ0v) is 13.4. The monoisotopic (exact) mass is 296 g/mol. The van der Waals surface area contributed by atoms with Crippen LogP contribution < -0.4 is 5.32 Å². The lowest BCUT2D eigenvalue weighted by atomic mass is 9.61. The van der Waals surface area contributed by atoms with Crippen LogP contribution in [0.3, 0.4) is 0 Å². The number of amides is 1. The van der Waals surface area contributed by atoms with Crippen molar-refractivity contribution in [3.8, 4) is 0 Å². The quantitative estimate of drug-likeness (QED) is 0.829. The molecule has 2 aliphatic rings. The summed E-state index contributed by atoms with van der Waals surface area (Å²) < 4.78 is 0. The molecule has 21 heavy (non-hydrogen) atoms. The molecular formula is C16H28N2O3. The summed E-state index contributed by atoms with van der Waals surface area (Å²) in [5.41, 5.74) is -0.252. The molecule has 2 fully saturated rings. The third-order valence-electron chi connectivity index (χ3n) is 5.71. The minimum absolute atomic E-state index is 0.179. The van der Waals surface area contributed by atoms with E-state index < -0.39 is 5.97 Å². The first-order chi connectivity index (χ1) is 9.84. The normalized spacial score (nSPS) is 32.1. The van der Waals surface area contributed by atoms with Gasteiger partial charge in [-0.2, -0.15) is 0 Å². The maximum atomic E-state index is 12.1. The molecule has 1 amide bonds. The second-order valence-corrected chi connectivity index (χ2v) is 7.15. The zero-order valence-electron chi connectivity index (χ0n) is 13.4. The van der Waals surface area contributed by atoms with Gasteiger partial charge < -0.3 is 15.3 Å². The molecule has 1 saturated carbocycles. The van der Waals surface area contributed by atoms with Gasteiger partial charge in [0.05, 0.1) is 12.5 Å². The highest BCUT2D eigenvalue weighted by Crippen LogP contribution is 2.45. The Kier molecular flexibility index (Phi) is 4.91. The minimum Gasteiger partial charge on any atom is -0.481 e. The van der Waals surface area contributed by atoms with Gasteiger partial charge in [0.1, 0.15) is 0 Å². The molecule has 0 bridgehead atoms. The standard InChI is InChI=1S/C16H28N2O3/c1-11-13(7-6-12(15(20)21)16(11,2)3)17-10-14(19)18-8-4-5-9-18/h11-13,17H,4-10H2,1-3H3,(H,20,21). The second kappa shape index (κ2) is 6.34. The Balaban J connectivity index is 1.90. The first-order valence-electron chi connectivity index (χ1n) is 8.08. The number of aliphatic carboxylic acids is 1. The zero-order chi connectivity index (χ0) is 15.6. The third kappa shape index (κ3) is 3.39. The summed E-state index contributed by atoms with van der Waals surface area (Å²) in [5, 5.41) is 12.7. The average molecular weight is 296 g/mol. The Morgan fingerprint density at radius 2 is 1.86 bits per heavy atom. The van der Waals surface area contributed by atoms with E-state index in [1.54, 1.807) is 0 Å². The summed E-state index contributed by atoms with van der Waals surface area (Å²) in [5.74, 6) is -0.574. The number of carbonyl (C=O) groups excluding carboxylic acids is 1. The molecule has 2 N–H and O–H groups in total. The van der Waals surface area contributed by atoms with Crippen molar-refractivity contribution in [1.29, 1.82) is 0 Å². The molecule has 0 spiro atoms. The van der Waals surface area contributed by atoms with Crippen molar-refractivity contribution in [3.63, 3.8) is 0 Å². The average Bonchev–Trinajstić information content (AvgIpc) is 2.93. The van der Waals surface area contributed by atoms with Gasteiger partial charge in [0.2, 0.25) is 5.91 Å². The van der Waals surface area contributed by atoms with Gasteiger partial charge in [0.25, 0.3) is 0 Å². The maximum absolute atomic E-state index is 12.1. The number of carbonyl (C=O) groups is 2. The van der Waals surface area contributed by atoms with E-state index in [4.69, 9.17) is 0 Å². The molecule has 0 radical (unpaired) electrons. The fourth-order valence-corrected chi connectivity index (χ4v) is 3.82. The molecule has 0 aromatic carbocycles. The van der Waals surface area contributed by atoms with Crippen molar-refractivity contribution in [2.45, 2.75) is 52.5 Å². The Bertz CT molecular complexity index is 402. The van der Waals surface area contributed by atoms with Gasteiger partial charge in [-0.05, 0) is 37.0 Å². The van der Waals surface area contributed by atoms with E-state index in [-0.39, 0.29) is 29.2 Å². The third-order valence-corrected chi connectivity index (χ3v) is 5.71. The van der Waals surface area contributed by atoms with Gasteiger partial charge >= 0.3 is 5.97 Å². The highest BCUT2D eigenvalue weighted by Gasteiger charge is 2.46. The summed E-state index contributed by atoms with van der Waals surface area (Å²) >= 11 is 0. The number of likely N-dealkylation sites (tertiary alicyclic amines) is 1. The Labute approximate surface area is 127 Å². The maximum Gasteiger partial charge on any atom is 0.307 e. The number of carboxylic acid groups (broad SMARTS) is 1. The molecule has 2 rings (SSSR count). The fourth-order valence-electron chi connectivity index (χ4n) is 3.82. The summed E-state index contributed by atoms with van der Waals surface area (Å²) in [6.45, 7) is 8.32. The summed E-state index contributed by atoms with van der Waals surface area (Å²) in [6.07, 6.45) is 3.73. The van der Waals surface area contributed by atoms with Crippen LogP contribution in [0.4, 0.5) is 0 Å². The van der Waals surface area contributed by atoms with Crippen LogP contribution in [-0.2, 0) is 9.59 Å². The van der Waals surface area contributed by atoms with Crippen LogP contribution in [0.15, 0.2) is 0 Å². The summed E-state index contributed by atoms with van der Waals surface area (Å²) in [6, 6.07) is 0.224. The largest absolute Gasteiger partial charge is 0.481 e. The molecule has 120 valence electrons. The van der Waals surface area contributed by atoms with Gasteiger partial charge in [0.15, 0.2) is 0 Å². The lowest BCUT2D eigenvalue weighted by Gasteiger charge is -2.46. The van der Waals surface area contributed by atoms with E-state index in [1.165, 1.54) is 0 Å². The van der Waals surface area contributed by atoms with E-state index in [2.05, 4.69) is 12.2 Å². The molecule has 5 heteroatoms. The Hall–Kier alpha value is -1.10. The number of hydrogen-bond acceptors (Lipinski definition) is 3. The highest BCUT2D eigenvalue weighted by atomic mass is 16.4. The van der Waals surface area contributed by atoms with Crippen LogP contribution in [0, 0.1) is 17.3 Å². The van der Waals surface area contributed by atoms with Gasteiger partial charge in [0, 0.05) is 19.1 Å². The second-order valence-electron chi connectivity index (χ2n) is 7.15. The molecule has 1 heterocycles. The molecule has 3 unspecified atom stereocenters. The van der Waals surface area contributed by atoms with Crippen LogP contribution in [0.5, 0.6) is 0 Å². The summed E-state index contributed by atoms with van der Waals surface area (Å²) in [7, 11) is 0. The smallest absolute Gasteiger partial charge is 0.307 e. The van der Waals surface area contributed by atoms with Crippen molar-refractivity contribution >= 4 is 11.9 Å². The van der Waals surface area contributed by atoms with Crippen LogP contribution in [0.2, 0.25) is 0 Å². The fraction of sp³-hybridized carbons (Fsp3) is 0.875.